The van der Waals surface area contributed by atoms with Crippen molar-refractivity contribution < 1.29 is 44.2 Å². The number of aliphatic hydroxyl groups is 4. The highest BCUT2D eigenvalue weighted by Crippen LogP contribution is 2.22. The number of hydrogen-bond acceptors (Lipinski definition) is 9. The van der Waals surface area contributed by atoms with Crippen molar-refractivity contribution >= 4 is 5.97 Å². The molecule has 0 aromatic heterocycles. The van der Waals surface area contributed by atoms with Crippen LogP contribution in [0.25, 0.3) is 0 Å². The number of rotatable bonds is 39. The van der Waals surface area contributed by atoms with Crippen molar-refractivity contribution in [3.05, 3.63) is 85.1 Å². The Kier molecular flexibility index (Phi) is 38.5. The Labute approximate surface area is 365 Å². The van der Waals surface area contributed by atoms with Crippen LogP contribution in [-0.4, -0.2) is 89.6 Å². The molecule has 1 heterocycles. The third-order valence-electron chi connectivity index (χ3n) is 10.3. The summed E-state index contributed by atoms with van der Waals surface area (Å²) < 4.78 is 22.8. The van der Waals surface area contributed by atoms with Crippen LogP contribution >= 0.6 is 0 Å². The fourth-order valence-electron chi connectivity index (χ4n) is 6.61. The molecule has 9 heteroatoms. The van der Waals surface area contributed by atoms with Crippen molar-refractivity contribution in [2.24, 2.45) is 0 Å². The molecule has 1 aliphatic heterocycles. The van der Waals surface area contributed by atoms with E-state index in [9.17, 15) is 25.2 Å². The number of carbonyl (C=O) groups excluding carboxylic acids is 1. The van der Waals surface area contributed by atoms with E-state index in [4.69, 9.17) is 18.9 Å². The topological polar surface area (TPSA) is 135 Å². The molecule has 0 aliphatic carbocycles. The summed E-state index contributed by atoms with van der Waals surface area (Å²) in [7, 11) is 0. The Morgan fingerprint density at radius 1 is 0.550 bits per heavy atom. The van der Waals surface area contributed by atoms with Gasteiger partial charge in [-0.1, -0.05) is 163 Å². The minimum atomic E-state index is -1.55. The lowest BCUT2D eigenvalue weighted by Gasteiger charge is -2.39. The van der Waals surface area contributed by atoms with Crippen LogP contribution in [0.3, 0.4) is 0 Å². The van der Waals surface area contributed by atoms with Crippen LogP contribution in [0.15, 0.2) is 85.1 Å². The molecule has 0 bridgehead atoms. The summed E-state index contributed by atoms with van der Waals surface area (Å²) in [4.78, 5) is 12.8. The maximum atomic E-state index is 12.8. The third kappa shape index (κ3) is 32.1. The van der Waals surface area contributed by atoms with Gasteiger partial charge in [0.2, 0.25) is 0 Å². The van der Waals surface area contributed by atoms with E-state index in [1.54, 1.807) is 0 Å². The fourth-order valence-corrected chi connectivity index (χ4v) is 6.61. The molecule has 4 N–H and O–H groups in total. The molecule has 0 aromatic carbocycles. The van der Waals surface area contributed by atoms with Crippen LogP contribution in [0.4, 0.5) is 0 Å². The zero-order valence-corrected chi connectivity index (χ0v) is 37.7. The van der Waals surface area contributed by atoms with E-state index in [1.807, 2.05) is 0 Å². The van der Waals surface area contributed by atoms with E-state index < -0.39 is 43.4 Å². The lowest BCUT2D eigenvalue weighted by molar-refractivity contribution is -0.305. The lowest BCUT2D eigenvalue weighted by atomic mass is 9.99. The van der Waals surface area contributed by atoms with Crippen molar-refractivity contribution in [1.29, 1.82) is 0 Å². The van der Waals surface area contributed by atoms with Gasteiger partial charge in [0.1, 0.15) is 30.5 Å². The molecular formula is C51H86O9. The van der Waals surface area contributed by atoms with Gasteiger partial charge >= 0.3 is 5.97 Å². The summed E-state index contributed by atoms with van der Waals surface area (Å²) in [5.74, 6) is -0.333. The predicted molar refractivity (Wildman–Crippen MR) is 247 cm³/mol. The van der Waals surface area contributed by atoms with Crippen LogP contribution in [0.1, 0.15) is 168 Å². The second kappa shape index (κ2) is 41.7. The molecule has 6 unspecified atom stereocenters. The maximum absolute atomic E-state index is 12.8. The van der Waals surface area contributed by atoms with E-state index in [0.717, 1.165) is 103 Å². The average molecular weight is 843 g/mol. The number of allylic oxidation sites excluding steroid dienone is 14. The molecule has 0 saturated carbocycles. The molecule has 1 aliphatic rings. The molecule has 6 atom stereocenters. The first kappa shape index (κ1) is 55.4. The molecule has 1 rings (SSSR count). The number of aliphatic hydroxyl groups excluding tert-OH is 4. The summed E-state index contributed by atoms with van der Waals surface area (Å²) in [5.41, 5.74) is 0. The van der Waals surface area contributed by atoms with E-state index >= 15 is 0 Å². The van der Waals surface area contributed by atoms with Crippen LogP contribution in [0, 0.1) is 0 Å². The largest absolute Gasteiger partial charge is 0.457 e. The molecule has 1 saturated heterocycles. The van der Waals surface area contributed by atoms with Gasteiger partial charge in [-0.25, -0.2) is 0 Å². The zero-order valence-electron chi connectivity index (χ0n) is 37.7. The fraction of sp³-hybridized carbons (Fsp3) is 0.706. The van der Waals surface area contributed by atoms with Gasteiger partial charge in [0.25, 0.3) is 0 Å². The Hall–Kier alpha value is -2.63. The smallest absolute Gasteiger partial charge is 0.306 e. The number of unbranched alkanes of at least 4 members (excludes halogenated alkanes) is 14. The van der Waals surface area contributed by atoms with Crippen molar-refractivity contribution in [2.45, 2.75) is 205 Å². The monoisotopic (exact) mass is 843 g/mol. The van der Waals surface area contributed by atoms with Crippen LogP contribution in [0.5, 0.6) is 0 Å². The van der Waals surface area contributed by atoms with Gasteiger partial charge in [0.05, 0.1) is 19.8 Å². The standard InChI is InChI=1S/C51H86O9/c1-3-5-7-9-11-13-15-17-19-20-21-22-23-24-25-26-27-28-30-32-34-36-38-40-47(53)59-45(44-58-51-50(56)49(55)48(54)46(42-52)60-51)43-57-41-39-37-35-33-31-29-18-16-14-12-10-8-6-4-2/h5,7-8,10-11,13-14,16-17,19,21-22,24-25,45-46,48-52,54-56H,3-4,6,9,12,15,18,20,23,26-44H2,1-2H3/b7-5-,10-8-,13-11-,16-14-,19-17-,22-21-,25-24-. The summed E-state index contributed by atoms with van der Waals surface area (Å²) in [5, 5.41) is 40.2. The molecule has 0 radical (unpaired) electrons. The van der Waals surface area contributed by atoms with Crippen molar-refractivity contribution in [1.82, 2.24) is 0 Å². The first-order valence-corrected chi connectivity index (χ1v) is 23.7. The Morgan fingerprint density at radius 2 is 1.02 bits per heavy atom. The van der Waals surface area contributed by atoms with Gasteiger partial charge < -0.3 is 39.4 Å². The summed E-state index contributed by atoms with van der Waals surface area (Å²) in [6.45, 7) is 4.33. The van der Waals surface area contributed by atoms with Crippen LogP contribution in [-0.2, 0) is 23.7 Å². The Balaban J connectivity index is 2.25. The highest BCUT2D eigenvalue weighted by Gasteiger charge is 2.44. The van der Waals surface area contributed by atoms with Gasteiger partial charge in [-0.15, -0.1) is 0 Å². The molecule has 0 aromatic rings. The predicted octanol–water partition coefficient (Wildman–Crippen LogP) is 11.0. The molecule has 344 valence electrons. The third-order valence-corrected chi connectivity index (χ3v) is 10.3. The molecule has 60 heavy (non-hydrogen) atoms. The maximum Gasteiger partial charge on any atom is 0.306 e. The Morgan fingerprint density at radius 3 is 1.53 bits per heavy atom. The summed E-state index contributed by atoms with van der Waals surface area (Å²) in [6, 6.07) is 0. The van der Waals surface area contributed by atoms with Gasteiger partial charge in [-0.3, -0.25) is 4.79 Å². The van der Waals surface area contributed by atoms with Crippen molar-refractivity contribution in [2.75, 3.05) is 26.4 Å². The van der Waals surface area contributed by atoms with E-state index in [0.29, 0.717) is 13.0 Å². The Bertz CT molecular complexity index is 1190. The van der Waals surface area contributed by atoms with E-state index in [-0.39, 0.29) is 19.2 Å². The summed E-state index contributed by atoms with van der Waals surface area (Å²) in [6.07, 6.45) is 48.9. The molecule has 0 amide bonds. The minimum Gasteiger partial charge on any atom is -0.457 e. The minimum absolute atomic E-state index is 0.127. The highest BCUT2D eigenvalue weighted by molar-refractivity contribution is 5.69. The van der Waals surface area contributed by atoms with Crippen molar-refractivity contribution in [3.8, 4) is 0 Å². The van der Waals surface area contributed by atoms with Gasteiger partial charge in [-0.05, 0) is 83.5 Å². The number of carbonyl (C=O) groups is 1. The molecule has 9 nitrogen and oxygen atoms in total. The van der Waals surface area contributed by atoms with Crippen molar-refractivity contribution in [3.63, 3.8) is 0 Å². The first-order valence-electron chi connectivity index (χ1n) is 23.7. The first-order chi connectivity index (χ1) is 29.4. The van der Waals surface area contributed by atoms with E-state index in [2.05, 4.69) is 98.9 Å². The molecular weight excluding hydrogens is 757 g/mol. The zero-order chi connectivity index (χ0) is 43.6. The van der Waals surface area contributed by atoms with Gasteiger partial charge in [0, 0.05) is 13.0 Å². The molecule has 0 spiro atoms. The van der Waals surface area contributed by atoms with Gasteiger partial charge in [-0.2, -0.15) is 0 Å². The summed E-state index contributed by atoms with van der Waals surface area (Å²) >= 11 is 0. The van der Waals surface area contributed by atoms with Gasteiger partial charge in [0.15, 0.2) is 6.29 Å². The van der Waals surface area contributed by atoms with E-state index in [1.165, 1.54) is 44.9 Å². The van der Waals surface area contributed by atoms with Crippen LogP contribution in [0.2, 0.25) is 0 Å². The second-order valence-electron chi connectivity index (χ2n) is 15.8. The second-order valence-corrected chi connectivity index (χ2v) is 15.8. The quantitative estimate of drug-likeness (QED) is 0.0271. The number of hydrogen-bond donors (Lipinski definition) is 4. The normalized spacial score (nSPS) is 20.8. The average Bonchev–Trinajstić information content (AvgIpc) is 3.25. The lowest BCUT2D eigenvalue weighted by Crippen LogP contribution is -2.59. The highest BCUT2D eigenvalue weighted by atomic mass is 16.7. The number of esters is 1. The van der Waals surface area contributed by atoms with Crippen LogP contribution < -0.4 is 0 Å². The molecule has 1 fully saturated rings. The SMILES string of the molecule is CC/C=C\C/C=C\C/C=C\C/C=C\C/C=C\CCCCCCCCCC(=O)OC(COCCCCCCCC/C=C\C/C=C\CCC)COC1OC(CO)C(O)C(O)C1O. The number of ether oxygens (including phenoxy) is 4.